The first-order chi connectivity index (χ1) is 7.36. The van der Waals surface area contributed by atoms with Crippen LogP contribution in [-0.4, -0.2) is 24.5 Å². The molecule has 0 saturated heterocycles. The fourth-order valence-corrected chi connectivity index (χ4v) is 1.67. The van der Waals surface area contributed by atoms with Gasteiger partial charge in [0.25, 0.3) is 0 Å². The molecule has 0 aliphatic rings. The number of hydrogen-bond donors (Lipinski definition) is 1. The van der Waals surface area contributed by atoms with Gasteiger partial charge in [0.2, 0.25) is 0 Å². The number of unbranched alkanes of at least 4 members (excludes halogenated alkanes) is 1. The third-order valence-electron chi connectivity index (χ3n) is 2.62. The molecule has 0 radical (unpaired) electrons. The Morgan fingerprint density at radius 3 is 2.47 bits per heavy atom. The normalized spacial score (nSPS) is 10.9. The van der Waals surface area contributed by atoms with Gasteiger partial charge < -0.3 is 5.73 Å². The van der Waals surface area contributed by atoms with Gasteiger partial charge in [0.15, 0.2) is 0 Å². The summed E-state index contributed by atoms with van der Waals surface area (Å²) < 4.78 is 0. The van der Waals surface area contributed by atoms with Crippen molar-refractivity contribution in [1.82, 2.24) is 4.90 Å². The van der Waals surface area contributed by atoms with E-state index in [2.05, 4.69) is 42.2 Å². The van der Waals surface area contributed by atoms with E-state index in [1.165, 1.54) is 12.0 Å². The fraction of sp³-hybridized carbons (Fsp3) is 0.538. The van der Waals surface area contributed by atoms with Crippen molar-refractivity contribution in [2.45, 2.75) is 26.3 Å². The molecule has 0 saturated carbocycles. The number of nitrogens with two attached hydrogens (primary N) is 1. The second-order valence-corrected chi connectivity index (χ2v) is 3.85. The molecule has 0 aliphatic carbocycles. The van der Waals surface area contributed by atoms with Crippen LogP contribution in [0.2, 0.25) is 0 Å². The van der Waals surface area contributed by atoms with Gasteiger partial charge in [-0.1, -0.05) is 37.3 Å². The molecule has 15 heavy (non-hydrogen) atoms. The average Bonchev–Trinajstić information content (AvgIpc) is 2.29. The van der Waals surface area contributed by atoms with Crippen LogP contribution in [-0.2, 0) is 6.54 Å². The van der Waals surface area contributed by atoms with Gasteiger partial charge >= 0.3 is 0 Å². The van der Waals surface area contributed by atoms with Crippen LogP contribution < -0.4 is 5.73 Å². The molecule has 0 aromatic heterocycles. The van der Waals surface area contributed by atoms with Gasteiger partial charge in [0, 0.05) is 6.54 Å². The van der Waals surface area contributed by atoms with E-state index in [0.29, 0.717) is 0 Å². The zero-order valence-electron chi connectivity index (χ0n) is 9.65. The predicted octanol–water partition coefficient (Wildman–Crippen LogP) is 2.25. The van der Waals surface area contributed by atoms with Crippen molar-refractivity contribution in [1.29, 1.82) is 0 Å². The van der Waals surface area contributed by atoms with Gasteiger partial charge in [0.1, 0.15) is 0 Å². The largest absolute Gasteiger partial charge is 0.330 e. The van der Waals surface area contributed by atoms with Crippen molar-refractivity contribution in [2.24, 2.45) is 5.73 Å². The minimum Gasteiger partial charge on any atom is -0.330 e. The predicted molar refractivity (Wildman–Crippen MR) is 65.7 cm³/mol. The topological polar surface area (TPSA) is 29.3 Å². The lowest BCUT2D eigenvalue weighted by atomic mass is 10.2. The maximum Gasteiger partial charge on any atom is 0.0233 e. The molecule has 2 nitrogen and oxygen atoms in total. The zero-order valence-corrected chi connectivity index (χ0v) is 9.65. The standard InChI is InChI=1S/C13H22N2/c1-2-15(11-7-6-10-14)12-13-8-4-3-5-9-13/h3-5,8-9H,2,6-7,10-12,14H2,1H3. The molecule has 2 N–H and O–H groups in total. The lowest BCUT2D eigenvalue weighted by Gasteiger charge is -2.20. The Balaban J connectivity index is 2.33. The molecule has 1 aromatic carbocycles. The summed E-state index contributed by atoms with van der Waals surface area (Å²) in [5.74, 6) is 0. The van der Waals surface area contributed by atoms with Crippen molar-refractivity contribution >= 4 is 0 Å². The molecule has 84 valence electrons. The molecule has 0 amide bonds. The number of nitrogens with zero attached hydrogens (tertiary/aromatic N) is 1. The van der Waals surface area contributed by atoms with E-state index < -0.39 is 0 Å². The SMILES string of the molecule is CCN(CCCCN)Cc1ccccc1. The van der Waals surface area contributed by atoms with Crippen molar-refractivity contribution in [2.75, 3.05) is 19.6 Å². The van der Waals surface area contributed by atoms with Gasteiger partial charge in [-0.25, -0.2) is 0 Å². The first-order valence-corrected chi connectivity index (χ1v) is 5.83. The van der Waals surface area contributed by atoms with Crippen molar-refractivity contribution in [3.8, 4) is 0 Å². The molecule has 0 atom stereocenters. The first-order valence-electron chi connectivity index (χ1n) is 5.83. The lowest BCUT2D eigenvalue weighted by molar-refractivity contribution is 0.274. The van der Waals surface area contributed by atoms with Gasteiger partial charge in [-0.2, -0.15) is 0 Å². The second kappa shape index (κ2) is 7.43. The summed E-state index contributed by atoms with van der Waals surface area (Å²) >= 11 is 0. The molecule has 1 rings (SSSR count). The summed E-state index contributed by atoms with van der Waals surface area (Å²) in [6.45, 7) is 6.35. The van der Waals surface area contributed by atoms with Crippen molar-refractivity contribution in [3.63, 3.8) is 0 Å². The monoisotopic (exact) mass is 206 g/mol. The van der Waals surface area contributed by atoms with Gasteiger partial charge in [-0.15, -0.1) is 0 Å². The molecule has 1 aromatic rings. The highest BCUT2D eigenvalue weighted by Crippen LogP contribution is 2.05. The van der Waals surface area contributed by atoms with Gasteiger partial charge in [-0.3, -0.25) is 4.90 Å². The molecule has 0 aliphatic heterocycles. The van der Waals surface area contributed by atoms with Crippen molar-refractivity contribution in [3.05, 3.63) is 35.9 Å². The van der Waals surface area contributed by atoms with E-state index in [4.69, 9.17) is 5.73 Å². The molecule has 0 unspecified atom stereocenters. The highest BCUT2D eigenvalue weighted by atomic mass is 15.1. The van der Waals surface area contributed by atoms with Crippen LogP contribution >= 0.6 is 0 Å². The molecular formula is C13H22N2. The molecule has 0 fully saturated rings. The van der Waals surface area contributed by atoms with E-state index in [1.807, 2.05) is 0 Å². The van der Waals surface area contributed by atoms with E-state index in [0.717, 1.165) is 32.6 Å². The van der Waals surface area contributed by atoms with Gasteiger partial charge in [0.05, 0.1) is 0 Å². The quantitative estimate of drug-likeness (QED) is 0.693. The van der Waals surface area contributed by atoms with Crippen LogP contribution in [0.5, 0.6) is 0 Å². The maximum absolute atomic E-state index is 5.49. The Hall–Kier alpha value is -0.860. The van der Waals surface area contributed by atoms with Crippen LogP contribution in [0.1, 0.15) is 25.3 Å². The lowest BCUT2D eigenvalue weighted by Crippen LogP contribution is -2.24. The third kappa shape index (κ3) is 4.96. The average molecular weight is 206 g/mol. The Morgan fingerprint density at radius 1 is 1.13 bits per heavy atom. The number of rotatable bonds is 7. The minimum absolute atomic E-state index is 0.808. The zero-order chi connectivity index (χ0) is 10.9. The Morgan fingerprint density at radius 2 is 1.87 bits per heavy atom. The summed E-state index contributed by atoms with van der Waals surface area (Å²) in [6.07, 6.45) is 2.34. The summed E-state index contributed by atoms with van der Waals surface area (Å²) in [5.41, 5.74) is 6.89. The number of hydrogen-bond acceptors (Lipinski definition) is 2. The second-order valence-electron chi connectivity index (χ2n) is 3.85. The fourth-order valence-electron chi connectivity index (χ4n) is 1.67. The van der Waals surface area contributed by atoms with E-state index in [9.17, 15) is 0 Å². The Kier molecular flexibility index (Phi) is 6.05. The van der Waals surface area contributed by atoms with E-state index in [1.54, 1.807) is 0 Å². The molecular weight excluding hydrogens is 184 g/mol. The Bertz CT molecular complexity index is 246. The molecule has 0 spiro atoms. The van der Waals surface area contributed by atoms with Crippen LogP contribution in [0, 0.1) is 0 Å². The van der Waals surface area contributed by atoms with Crippen LogP contribution in [0.15, 0.2) is 30.3 Å². The summed E-state index contributed by atoms with van der Waals surface area (Å²) in [4.78, 5) is 2.46. The summed E-state index contributed by atoms with van der Waals surface area (Å²) in [6, 6.07) is 10.6. The Labute approximate surface area is 93.1 Å². The summed E-state index contributed by atoms with van der Waals surface area (Å²) in [5, 5.41) is 0. The van der Waals surface area contributed by atoms with E-state index >= 15 is 0 Å². The molecule has 0 bridgehead atoms. The number of benzene rings is 1. The highest BCUT2D eigenvalue weighted by molar-refractivity contribution is 5.14. The van der Waals surface area contributed by atoms with Crippen LogP contribution in [0.3, 0.4) is 0 Å². The van der Waals surface area contributed by atoms with E-state index in [-0.39, 0.29) is 0 Å². The summed E-state index contributed by atoms with van der Waals surface area (Å²) in [7, 11) is 0. The van der Waals surface area contributed by atoms with Crippen molar-refractivity contribution < 1.29 is 0 Å². The maximum atomic E-state index is 5.49. The van der Waals surface area contributed by atoms with Gasteiger partial charge in [-0.05, 0) is 38.0 Å². The minimum atomic E-state index is 0.808. The smallest absolute Gasteiger partial charge is 0.0233 e. The third-order valence-corrected chi connectivity index (χ3v) is 2.62. The van der Waals surface area contributed by atoms with Crippen LogP contribution in [0.4, 0.5) is 0 Å². The highest BCUT2D eigenvalue weighted by Gasteiger charge is 2.02. The molecule has 2 heteroatoms. The van der Waals surface area contributed by atoms with Crippen LogP contribution in [0.25, 0.3) is 0 Å². The first kappa shape index (κ1) is 12.2. The molecule has 0 heterocycles.